The molecule has 0 radical (unpaired) electrons. The Morgan fingerprint density at radius 2 is 1.96 bits per heavy atom. The fraction of sp³-hybridized carbons (Fsp3) is 0.222. The molecular formula is C18H18FN3O. The van der Waals surface area contributed by atoms with Crippen LogP contribution in [0.15, 0.2) is 48.8 Å². The lowest BCUT2D eigenvalue weighted by Crippen LogP contribution is -2.25. The number of aryl methyl sites for hydroxylation is 1. The molecule has 0 amide bonds. The molecular weight excluding hydrogens is 293 g/mol. The van der Waals surface area contributed by atoms with Crippen LogP contribution in [0.25, 0.3) is 10.9 Å². The number of anilines is 1. The molecule has 0 bridgehead atoms. The van der Waals surface area contributed by atoms with E-state index in [0.717, 1.165) is 11.3 Å². The standard InChI is InChI=1S/C18H18FN3O/c1-13-5-3-6-14(11-13)23-10-9-22(2)18-17-15(19)7-4-8-16(17)20-12-21-18/h3-8,11-12H,9-10H2,1-2H3. The molecule has 0 fully saturated rings. The second-order valence-corrected chi connectivity index (χ2v) is 5.42. The maximum atomic E-state index is 14.1. The van der Waals surface area contributed by atoms with Gasteiger partial charge in [0, 0.05) is 7.05 Å². The number of likely N-dealkylation sites (N-methyl/N-ethyl adjacent to an activating group) is 1. The minimum atomic E-state index is -0.315. The molecule has 118 valence electrons. The van der Waals surface area contributed by atoms with Crippen LogP contribution in [0.1, 0.15) is 5.56 Å². The molecule has 0 aliphatic carbocycles. The summed E-state index contributed by atoms with van der Waals surface area (Å²) in [5.41, 5.74) is 1.75. The zero-order valence-corrected chi connectivity index (χ0v) is 13.2. The van der Waals surface area contributed by atoms with Crippen LogP contribution in [0.2, 0.25) is 0 Å². The number of fused-ring (bicyclic) bond motifs is 1. The van der Waals surface area contributed by atoms with E-state index < -0.39 is 0 Å². The number of nitrogens with zero attached hydrogens (tertiary/aromatic N) is 3. The largest absolute Gasteiger partial charge is 0.492 e. The Hall–Kier alpha value is -2.69. The lowest BCUT2D eigenvalue weighted by atomic mass is 10.2. The first kappa shape index (κ1) is 15.2. The molecule has 1 heterocycles. The Balaban J connectivity index is 1.72. The van der Waals surface area contributed by atoms with Crippen LogP contribution >= 0.6 is 0 Å². The van der Waals surface area contributed by atoms with E-state index in [0.29, 0.717) is 29.9 Å². The molecule has 2 aromatic carbocycles. The van der Waals surface area contributed by atoms with Crippen molar-refractivity contribution < 1.29 is 9.13 Å². The second kappa shape index (κ2) is 6.60. The number of rotatable bonds is 5. The highest BCUT2D eigenvalue weighted by atomic mass is 19.1. The minimum Gasteiger partial charge on any atom is -0.492 e. The highest BCUT2D eigenvalue weighted by molar-refractivity contribution is 5.89. The van der Waals surface area contributed by atoms with E-state index in [9.17, 15) is 4.39 Å². The summed E-state index contributed by atoms with van der Waals surface area (Å²) in [7, 11) is 1.87. The highest BCUT2D eigenvalue weighted by Crippen LogP contribution is 2.24. The summed E-state index contributed by atoms with van der Waals surface area (Å²) in [5.74, 6) is 1.09. The normalized spacial score (nSPS) is 10.7. The third-order valence-corrected chi connectivity index (χ3v) is 3.64. The summed E-state index contributed by atoms with van der Waals surface area (Å²) in [6.07, 6.45) is 1.45. The average Bonchev–Trinajstić information content (AvgIpc) is 2.54. The van der Waals surface area contributed by atoms with Crippen molar-refractivity contribution in [3.8, 4) is 5.75 Å². The fourth-order valence-electron chi connectivity index (χ4n) is 2.45. The van der Waals surface area contributed by atoms with Crippen LogP contribution < -0.4 is 9.64 Å². The van der Waals surface area contributed by atoms with E-state index >= 15 is 0 Å². The minimum absolute atomic E-state index is 0.315. The maximum Gasteiger partial charge on any atom is 0.142 e. The zero-order valence-electron chi connectivity index (χ0n) is 13.2. The van der Waals surface area contributed by atoms with Crippen LogP contribution in [-0.4, -0.2) is 30.2 Å². The van der Waals surface area contributed by atoms with E-state index in [1.807, 2.05) is 43.1 Å². The summed E-state index contributed by atoms with van der Waals surface area (Å²) >= 11 is 0. The predicted octanol–water partition coefficient (Wildman–Crippen LogP) is 3.59. The predicted molar refractivity (Wildman–Crippen MR) is 89.4 cm³/mol. The number of hydrogen-bond donors (Lipinski definition) is 0. The monoisotopic (exact) mass is 311 g/mol. The molecule has 0 N–H and O–H groups in total. The SMILES string of the molecule is Cc1cccc(OCCN(C)c2ncnc3cccc(F)c23)c1. The Kier molecular flexibility index (Phi) is 4.37. The molecule has 0 saturated heterocycles. The van der Waals surface area contributed by atoms with Crippen LogP contribution in [-0.2, 0) is 0 Å². The third kappa shape index (κ3) is 3.39. The Bertz CT molecular complexity index is 817. The van der Waals surface area contributed by atoms with Gasteiger partial charge in [-0.3, -0.25) is 0 Å². The maximum absolute atomic E-state index is 14.1. The molecule has 5 heteroatoms. The van der Waals surface area contributed by atoms with Gasteiger partial charge in [0.1, 0.15) is 30.3 Å². The van der Waals surface area contributed by atoms with Crippen molar-refractivity contribution in [3.05, 3.63) is 60.2 Å². The van der Waals surface area contributed by atoms with E-state index in [1.165, 1.54) is 12.4 Å². The van der Waals surface area contributed by atoms with Crippen molar-refractivity contribution >= 4 is 16.7 Å². The molecule has 4 nitrogen and oxygen atoms in total. The van der Waals surface area contributed by atoms with Gasteiger partial charge in [0.15, 0.2) is 0 Å². The van der Waals surface area contributed by atoms with Crippen molar-refractivity contribution in [3.63, 3.8) is 0 Å². The fourth-order valence-corrected chi connectivity index (χ4v) is 2.45. The van der Waals surface area contributed by atoms with Crippen molar-refractivity contribution in [2.45, 2.75) is 6.92 Å². The second-order valence-electron chi connectivity index (χ2n) is 5.42. The summed E-state index contributed by atoms with van der Waals surface area (Å²) in [4.78, 5) is 10.2. The zero-order chi connectivity index (χ0) is 16.2. The molecule has 0 unspecified atom stereocenters. The lowest BCUT2D eigenvalue weighted by molar-refractivity contribution is 0.325. The van der Waals surface area contributed by atoms with Crippen molar-refractivity contribution in [2.75, 3.05) is 25.1 Å². The Morgan fingerprint density at radius 1 is 1.13 bits per heavy atom. The Morgan fingerprint density at radius 3 is 2.78 bits per heavy atom. The molecule has 0 saturated carbocycles. The van der Waals surface area contributed by atoms with Crippen LogP contribution in [0.5, 0.6) is 5.75 Å². The first-order valence-corrected chi connectivity index (χ1v) is 7.45. The van der Waals surface area contributed by atoms with Crippen molar-refractivity contribution in [1.82, 2.24) is 9.97 Å². The van der Waals surface area contributed by atoms with Crippen LogP contribution in [0.4, 0.5) is 10.2 Å². The quantitative estimate of drug-likeness (QED) is 0.722. The number of benzene rings is 2. The first-order chi connectivity index (χ1) is 11.1. The van der Waals surface area contributed by atoms with Gasteiger partial charge in [-0.2, -0.15) is 0 Å². The van der Waals surface area contributed by atoms with Crippen molar-refractivity contribution in [1.29, 1.82) is 0 Å². The van der Waals surface area contributed by atoms with E-state index in [-0.39, 0.29) is 5.82 Å². The van der Waals surface area contributed by atoms with Gasteiger partial charge < -0.3 is 9.64 Å². The van der Waals surface area contributed by atoms with E-state index in [1.54, 1.807) is 12.1 Å². The molecule has 23 heavy (non-hydrogen) atoms. The first-order valence-electron chi connectivity index (χ1n) is 7.45. The van der Waals surface area contributed by atoms with Gasteiger partial charge in [0.2, 0.25) is 0 Å². The van der Waals surface area contributed by atoms with Crippen molar-refractivity contribution in [2.24, 2.45) is 0 Å². The van der Waals surface area contributed by atoms with Gasteiger partial charge in [-0.15, -0.1) is 0 Å². The Labute approximate surface area is 134 Å². The lowest BCUT2D eigenvalue weighted by Gasteiger charge is -2.20. The van der Waals surface area contributed by atoms with Crippen LogP contribution in [0.3, 0.4) is 0 Å². The highest BCUT2D eigenvalue weighted by Gasteiger charge is 2.12. The molecule has 0 spiro atoms. The summed E-state index contributed by atoms with van der Waals surface area (Å²) < 4.78 is 19.8. The number of aromatic nitrogens is 2. The topological polar surface area (TPSA) is 38.2 Å². The van der Waals surface area contributed by atoms with E-state index in [2.05, 4.69) is 9.97 Å². The molecule has 3 aromatic rings. The summed E-state index contributed by atoms with van der Waals surface area (Å²) in [6, 6.07) is 12.7. The smallest absolute Gasteiger partial charge is 0.142 e. The third-order valence-electron chi connectivity index (χ3n) is 3.64. The number of hydrogen-bond acceptors (Lipinski definition) is 4. The van der Waals surface area contributed by atoms with E-state index in [4.69, 9.17) is 4.74 Å². The van der Waals surface area contributed by atoms with Gasteiger partial charge in [0.25, 0.3) is 0 Å². The summed E-state index contributed by atoms with van der Waals surface area (Å²) in [5, 5.41) is 0.438. The van der Waals surface area contributed by atoms with Gasteiger partial charge in [-0.05, 0) is 36.8 Å². The van der Waals surface area contributed by atoms with Crippen LogP contribution in [0, 0.1) is 12.7 Å². The van der Waals surface area contributed by atoms with Gasteiger partial charge >= 0.3 is 0 Å². The average molecular weight is 311 g/mol. The number of ether oxygens (including phenoxy) is 1. The molecule has 3 rings (SSSR count). The molecule has 1 aromatic heterocycles. The van der Waals surface area contributed by atoms with Gasteiger partial charge in [-0.1, -0.05) is 18.2 Å². The molecule has 0 aliphatic rings. The summed E-state index contributed by atoms with van der Waals surface area (Å²) in [6.45, 7) is 3.10. The van der Waals surface area contributed by atoms with Gasteiger partial charge in [-0.25, -0.2) is 14.4 Å². The molecule has 0 atom stereocenters. The van der Waals surface area contributed by atoms with Gasteiger partial charge in [0.05, 0.1) is 17.4 Å². The molecule has 0 aliphatic heterocycles. The number of halogens is 1.